The average molecular weight is 260 g/mol. The van der Waals surface area contributed by atoms with Crippen LogP contribution in [0.3, 0.4) is 0 Å². The second-order valence-electron chi connectivity index (χ2n) is 5.81. The minimum absolute atomic E-state index is 0.560. The summed E-state index contributed by atoms with van der Waals surface area (Å²) in [5.41, 5.74) is 1.21. The van der Waals surface area contributed by atoms with E-state index in [2.05, 4.69) is 33.2 Å². The highest BCUT2D eigenvalue weighted by molar-refractivity contribution is 5.66. The molecule has 1 aromatic heterocycles. The number of hydrogen-bond donors (Lipinski definition) is 1. The Morgan fingerprint density at radius 3 is 2.84 bits per heavy atom. The lowest BCUT2D eigenvalue weighted by atomic mass is 10.1. The van der Waals surface area contributed by atoms with Crippen LogP contribution in [0.15, 0.2) is 18.3 Å². The Balaban J connectivity index is 1.72. The van der Waals surface area contributed by atoms with Gasteiger partial charge in [-0.3, -0.25) is 0 Å². The molecule has 2 saturated heterocycles. The molecule has 19 heavy (non-hydrogen) atoms. The number of nitrogens with zero attached hydrogens (tertiary/aromatic N) is 3. The van der Waals surface area contributed by atoms with Crippen molar-refractivity contribution in [3.8, 4) is 0 Å². The Labute approximate surface area is 115 Å². The number of piperidine rings is 1. The van der Waals surface area contributed by atoms with Crippen LogP contribution in [0, 0.1) is 0 Å². The number of pyridine rings is 1. The van der Waals surface area contributed by atoms with E-state index in [-0.39, 0.29) is 0 Å². The van der Waals surface area contributed by atoms with Crippen molar-refractivity contribution in [2.24, 2.45) is 0 Å². The maximum atomic E-state index is 4.60. The van der Waals surface area contributed by atoms with Crippen LogP contribution < -0.4 is 10.2 Å². The molecule has 1 atom stereocenters. The van der Waals surface area contributed by atoms with Crippen LogP contribution in [0.4, 0.5) is 11.5 Å². The first-order valence-electron chi connectivity index (χ1n) is 7.48. The van der Waals surface area contributed by atoms with Crippen LogP contribution >= 0.6 is 0 Å². The van der Waals surface area contributed by atoms with Crippen molar-refractivity contribution in [1.29, 1.82) is 0 Å². The molecule has 0 aromatic carbocycles. The lowest BCUT2D eigenvalue weighted by Crippen LogP contribution is -2.40. The van der Waals surface area contributed by atoms with Crippen molar-refractivity contribution in [2.75, 3.05) is 43.4 Å². The highest BCUT2D eigenvalue weighted by atomic mass is 15.2. The summed E-state index contributed by atoms with van der Waals surface area (Å²) >= 11 is 0. The summed E-state index contributed by atoms with van der Waals surface area (Å²) in [4.78, 5) is 9.42. The van der Waals surface area contributed by atoms with Gasteiger partial charge in [0.25, 0.3) is 0 Å². The summed E-state index contributed by atoms with van der Waals surface area (Å²) in [6.07, 6.45) is 7.04. The fourth-order valence-electron chi connectivity index (χ4n) is 3.19. The largest absolute Gasteiger partial charge is 0.378 e. The van der Waals surface area contributed by atoms with Gasteiger partial charge in [0, 0.05) is 31.9 Å². The second kappa shape index (κ2) is 5.78. The minimum Gasteiger partial charge on any atom is -0.378 e. The Morgan fingerprint density at radius 1 is 1.21 bits per heavy atom. The lowest BCUT2D eigenvalue weighted by molar-refractivity contribution is 0.261. The van der Waals surface area contributed by atoms with Crippen molar-refractivity contribution in [2.45, 2.75) is 31.7 Å². The quantitative estimate of drug-likeness (QED) is 0.902. The highest BCUT2D eigenvalue weighted by Gasteiger charge is 2.21. The zero-order valence-corrected chi connectivity index (χ0v) is 11.8. The third-order valence-corrected chi connectivity index (χ3v) is 4.18. The first kappa shape index (κ1) is 12.7. The predicted molar refractivity (Wildman–Crippen MR) is 79.8 cm³/mol. The van der Waals surface area contributed by atoms with E-state index in [1.54, 1.807) is 0 Å². The third kappa shape index (κ3) is 3.00. The number of likely N-dealkylation sites (N-methyl/N-ethyl adjacent to an activating group) is 1. The molecule has 1 N–H and O–H groups in total. The smallest absolute Gasteiger partial charge is 0.151 e. The summed E-state index contributed by atoms with van der Waals surface area (Å²) in [7, 11) is 2.21. The SMILES string of the molecule is CN1CCCC(Nc2cccnc2N2CCCC2)C1. The zero-order chi connectivity index (χ0) is 13.1. The van der Waals surface area contributed by atoms with Gasteiger partial charge in [-0.15, -0.1) is 0 Å². The summed E-state index contributed by atoms with van der Waals surface area (Å²) < 4.78 is 0. The molecule has 3 heterocycles. The fourth-order valence-corrected chi connectivity index (χ4v) is 3.19. The molecule has 104 valence electrons. The van der Waals surface area contributed by atoms with E-state index in [0.717, 1.165) is 25.5 Å². The predicted octanol–water partition coefficient (Wildman–Crippen LogP) is 2.19. The number of hydrogen-bond acceptors (Lipinski definition) is 4. The van der Waals surface area contributed by atoms with Crippen molar-refractivity contribution in [1.82, 2.24) is 9.88 Å². The number of aromatic nitrogens is 1. The molecule has 4 nitrogen and oxygen atoms in total. The maximum absolute atomic E-state index is 4.60. The Morgan fingerprint density at radius 2 is 2.05 bits per heavy atom. The Kier molecular flexibility index (Phi) is 3.87. The molecule has 2 aliphatic rings. The molecule has 0 amide bonds. The van der Waals surface area contributed by atoms with Crippen LogP contribution in [0.2, 0.25) is 0 Å². The van der Waals surface area contributed by atoms with Crippen molar-refractivity contribution < 1.29 is 0 Å². The van der Waals surface area contributed by atoms with E-state index in [1.807, 2.05) is 12.3 Å². The fraction of sp³-hybridized carbons (Fsp3) is 0.667. The molecule has 0 radical (unpaired) electrons. The molecular formula is C15H24N4. The molecule has 0 bridgehead atoms. The standard InChI is InChI=1S/C15H24N4/c1-18-9-5-6-13(12-18)17-14-7-4-8-16-15(14)19-10-2-3-11-19/h4,7-8,13,17H,2-3,5-6,9-12H2,1H3. The topological polar surface area (TPSA) is 31.4 Å². The number of likely N-dealkylation sites (tertiary alicyclic amines) is 1. The highest BCUT2D eigenvalue weighted by Crippen LogP contribution is 2.27. The van der Waals surface area contributed by atoms with Crippen LogP contribution in [-0.2, 0) is 0 Å². The molecule has 4 heteroatoms. The van der Waals surface area contributed by atoms with E-state index in [9.17, 15) is 0 Å². The first-order chi connectivity index (χ1) is 9.33. The molecule has 3 rings (SSSR count). The first-order valence-corrected chi connectivity index (χ1v) is 7.48. The average Bonchev–Trinajstić information content (AvgIpc) is 2.93. The van der Waals surface area contributed by atoms with Crippen LogP contribution in [-0.4, -0.2) is 49.2 Å². The minimum atomic E-state index is 0.560. The molecule has 0 saturated carbocycles. The van der Waals surface area contributed by atoms with Crippen LogP contribution in [0.5, 0.6) is 0 Å². The molecule has 0 aliphatic carbocycles. The van der Waals surface area contributed by atoms with Gasteiger partial charge in [0.1, 0.15) is 0 Å². The third-order valence-electron chi connectivity index (χ3n) is 4.18. The number of rotatable bonds is 3. The molecule has 1 aromatic rings. The van der Waals surface area contributed by atoms with E-state index >= 15 is 0 Å². The van der Waals surface area contributed by atoms with Crippen LogP contribution in [0.25, 0.3) is 0 Å². The van der Waals surface area contributed by atoms with Crippen molar-refractivity contribution >= 4 is 11.5 Å². The molecular weight excluding hydrogens is 236 g/mol. The number of nitrogens with one attached hydrogen (secondary N) is 1. The summed E-state index contributed by atoms with van der Waals surface area (Å²) in [5, 5.41) is 3.71. The van der Waals surface area contributed by atoms with Gasteiger partial charge in [-0.2, -0.15) is 0 Å². The van der Waals surface area contributed by atoms with Gasteiger partial charge < -0.3 is 15.1 Å². The van der Waals surface area contributed by atoms with Gasteiger partial charge in [-0.05, 0) is 51.4 Å². The van der Waals surface area contributed by atoms with Gasteiger partial charge in [0.15, 0.2) is 5.82 Å². The molecule has 1 unspecified atom stereocenters. The number of anilines is 2. The van der Waals surface area contributed by atoms with Gasteiger partial charge in [-0.25, -0.2) is 4.98 Å². The zero-order valence-electron chi connectivity index (χ0n) is 11.8. The van der Waals surface area contributed by atoms with Crippen molar-refractivity contribution in [3.63, 3.8) is 0 Å². The monoisotopic (exact) mass is 260 g/mol. The van der Waals surface area contributed by atoms with Gasteiger partial charge in [0.2, 0.25) is 0 Å². The van der Waals surface area contributed by atoms with E-state index in [4.69, 9.17) is 0 Å². The maximum Gasteiger partial charge on any atom is 0.151 e. The second-order valence-corrected chi connectivity index (χ2v) is 5.81. The van der Waals surface area contributed by atoms with Gasteiger partial charge >= 0.3 is 0 Å². The van der Waals surface area contributed by atoms with E-state index in [1.165, 1.54) is 37.9 Å². The Hall–Kier alpha value is -1.29. The molecule has 2 fully saturated rings. The van der Waals surface area contributed by atoms with Gasteiger partial charge in [0.05, 0.1) is 5.69 Å². The summed E-state index contributed by atoms with van der Waals surface area (Å²) in [6.45, 7) is 4.66. The Bertz CT molecular complexity index is 414. The summed E-state index contributed by atoms with van der Waals surface area (Å²) in [5.74, 6) is 1.15. The molecule has 0 spiro atoms. The summed E-state index contributed by atoms with van der Waals surface area (Å²) in [6, 6.07) is 4.77. The van der Waals surface area contributed by atoms with Crippen molar-refractivity contribution in [3.05, 3.63) is 18.3 Å². The van der Waals surface area contributed by atoms with E-state index in [0.29, 0.717) is 6.04 Å². The van der Waals surface area contributed by atoms with Gasteiger partial charge in [-0.1, -0.05) is 0 Å². The lowest BCUT2D eigenvalue weighted by Gasteiger charge is -2.32. The van der Waals surface area contributed by atoms with E-state index < -0.39 is 0 Å². The molecule has 2 aliphatic heterocycles. The van der Waals surface area contributed by atoms with Crippen LogP contribution in [0.1, 0.15) is 25.7 Å². The normalized spacial score (nSPS) is 24.7.